The molecule has 3 heterocycles. The van der Waals surface area contributed by atoms with Crippen molar-refractivity contribution in [2.45, 2.75) is 95.4 Å². The first-order valence-electron chi connectivity index (χ1n) is 17.5. The predicted molar refractivity (Wildman–Crippen MR) is 188 cm³/mol. The number of carbonyl (C=O) groups excluding carboxylic acids is 4. The third kappa shape index (κ3) is 10.7. The van der Waals surface area contributed by atoms with E-state index in [1.54, 1.807) is 35.4 Å². The Morgan fingerprint density at radius 2 is 1.73 bits per heavy atom. The van der Waals surface area contributed by atoms with Gasteiger partial charge in [-0.2, -0.15) is 0 Å². The molecule has 0 radical (unpaired) electrons. The number of hydrogen-bond donors (Lipinski definition) is 6. The van der Waals surface area contributed by atoms with Crippen molar-refractivity contribution in [3.8, 4) is 5.75 Å². The van der Waals surface area contributed by atoms with Crippen LogP contribution in [0.1, 0.15) is 68.7 Å². The summed E-state index contributed by atoms with van der Waals surface area (Å²) >= 11 is 0. The molecule has 6 N–H and O–H groups in total. The Morgan fingerprint density at radius 3 is 2.41 bits per heavy atom. The number of aromatic nitrogens is 2. The summed E-state index contributed by atoms with van der Waals surface area (Å²) in [6, 6.07) is 13.5. The lowest BCUT2D eigenvalue weighted by atomic mass is 9.94. The molecule has 1 aromatic heterocycles. The smallest absolute Gasteiger partial charge is 0.362 e. The normalized spacial score (nSPS) is 20.3. The van der Waals surface area contributed by atoms with Crippen LogP contribution in [0.15, 0.2) is 67.1 Å². The van der Waals surface area contributed by atoms with E-state index in [1.165, 1.54) is 6.33 Å². The zero-order chi connectivity index (χ0) is 36.4. The van der Waals surface area contributed by atoms with Crippen LogP contribution in [0.2, 0.25) is 0 Å². The van der Waals surface area contributed by atoms with Gasteiger partial charge in [-0.05, 0) is 61.8 Å². The van der Waals surface area contributed by atoms with Gasteiger partial charge in [0.1, 0.15) is 23.9 Å². The van der Waals surface area contributed by atoms with Crippen LogP contribution in [0.5, 0.6) is 5.75 Å². The van der Waals surface area contributed by atoms with E-state index < -0.39 is 43.9 Å². The maximum atomic E-state index is 14.2. The minimum Gasteiger partial charge on any atom is -0.481 e. The summed E-state index contributed by atoms with van der Waals surface area (Å²) < 4.78 is 16.3. The number of nitrogens with zero attached hydrogens (tertiary/aromatic N) is 2. The SMILES string of the molecule is CC[C@@H](Cc1ccc(OCP(=O)(O)O)cc1)C(=O)N[C@H]1CCCCC2CC[C@@H](C(=O)N[C@@H](Cc3cnc[nH]3)C(=O)NCc3ccccc3)N2C1=O. The molecule has 2 aromatic carbocycles. The second-order valence-corrected chi connectivity index (χ2v) is 14.9. The average molecular weight is 723 g/mol. The van der Waals surface area contributed by atoms with E-state index in [0.717, 1.165) is 30.4 Å². The van der Waals surface area contributed by atoms with E-state index >= 15 is 0 Å². The minimum atomic E-state index is -4.31. The van der Waals surface area contributed by atoms with Crippen molar-refractivity contribution >= 4 is 31.2 Å². The minimum absolute atomic E-state index is 0.140. The molecule has 5 atom stereocenters. The molecule has 0 aliphatic carbocycles. The van der Waals surface area contributed by atoms with Crippen molar-refractivity contribution in [3.63, 3.8) is 0 Å². The van der Waals surface area contributed by atoms with E-state index in [-0.39, 0.29) is 30.2 Å². The van der Waals surface area contributed by atoms with E-state index in [9.17, 15) is 23.7 Å². The van der Waals surface area contributed by atoms with Crippen LogP contribution in [0.3, 0.4) is 0 Å². The van der Waals surface area contributed by atoms with Crippen molar-refractivity contribution in [2.24, 2.45) is 5.92 Å². The third-order valence-corrected chi connectivity index (χ3v) is 10.0. The second-order valence-electron chi connectivity index (χ2n) is 13.3. The van der Waals surface area contributed by atoms with Gasteiger partial charge in [0.2, 0.25) is 23.6 Å². The number of fused-ring (bicyclic) bond motifs is 1. The third-order valence-electron chi connectivity index (χ3n) is 9.54. The molecule has 14 nitrogen and oxygen atoms in total. The molecule has 2 aliphatic rings. The number of H-pyrrole nitrogens is 1. The summed E-state index contributed by atoms with van der Waals surface area (Å²) in [7, 11) is -4.31. The van der Waals surface area contributed by atoms with Crippen LogP contribution in [-0.4, -0.2) is 78.8 Å². The molecule has 274 valence electrons. The Labute approximate surface area is 297 Å². The topological polar surface area (TPSA) is 203 Å². The first kappa shape index (κ1) is 37.7. The largest absolute Gasteiger partial charge is 0.481 e. The molecular formula is C36H47N6O8P. The van der Waals surface area contributed by atoms with Gasteiger partial charge >= 0.3 is 7.60 Å². The highest BCUT2D eigenvalue weighted by Crippen LogP contribution is 2.35. The van der Waals surface area contributed by atoms with Gasteiger partial charge in [0.15, 0.2) is 6.35 Å². The molecule has 0 bridgehead atoms. The number of hydrogen-bond acceptors (Lipinski definition) is 7. The lowest BCUT2D eigenvalue weighted by Crippen LogP contribution is -2.59. The molecule has 15 heteroatoms. The molecule has 2 saturated heterocycles. The highest BCUT2D eigenvalue weighted by Gasteiger charge is 2.44. The van der Waals surface area contributed by atoms with Gasteiger partial charge in [-0.1, -0.05) is 62.2 Å². The van der Waals surface area contributed by atoms with E-state index in [2.05, 4.69) is 25.9 Å². The number of imidazole rings is 1. The van der Waals surface area contributed by atoms with Gasteiger partial charge in [0, 0.05) is 36.8 Å². The summed E-state index contributed by atoms with van der Waals surface area (Å²) in [4.78, 5) is 81.9. The molecule has 0 spiro atoms. The van der Waals surface area contributed by atoms with Crippen molar-refractivity contribution in [1.82, 2.24) is 30.8 Å². The fraction of sp³-hybridized carbons (Fsp3) is 0.472. The van der Waals surface area contributed by atoms with Gasteiger partial charge in [0.05, 0.1) is 6.33 Å². The summed E-state index contributed by atoms with van der Waals surface area (Å²) in [5, 5.41) is 8.84. The van der Waals surface area contributed by atoms with Gasteiger partial charge in [-0.25, -0.2) is 4.98 Å². The molecule has 51 heavy (non-hydrogen) atoms. The highest BCUT2D eigenvalue weighted by atomic mass is 31.2. The van der Waals surface area contributed by atoms with Gasteiger partial charge in [-0.15, -0.1) is 0 Å². The number of aromatic amines is 1. The van der Waals surface area contributed by atoms with Crippen LogP contribution >= 0.6 is 7.60 Å². The number of carbonyl (C=O) groups is 4. The van der Waals surface area contributed by atoms with Crippen LogP contribution in [-0.2, 0) is 43.1 Å². The summed E-state index contributed by atoms with van der Waals surface area (Å²) in [6.07, 6.45) is 7.43. The van der Waals surface area contributed by atoms with Gasteiger partial charge in [-0.3, -0.25) is 23.7 Å². The maximum absolute atomic E-state index is 14.2. The molecule has 0 saturated carbocycles. The average Bonchev–Trinajstić information content (AvgIpc) is 3.79. The molecule has 5 rings (SSSR count). The van der Waals surface area contributed by atoms with Crippen LogP contribution in [0, 0.1) is 5.92 Å². The van der Waals surface area contributed by atoms with Crippen molar-refractivity contribution in [3.05, 3.63) is 83.9 Å². The lowest BCUT2D eigenvalue weighted by Gasteiger charge is -2.36. The summed E-state index contributed by atoms with van der Waals surface area (Å²) in [6.45, 7) is 2.19. The first-order chi connectivity index (χ1) is 24.5. The van der Waals surface area contributed by atoms with Gasteiger partial charge < -0.3 is 40.4 Å². The Hall–Kier alpha value is -4.52. The molecule has 1 unspecified atom stereocenters. The monoisotopic (exact) mass is 722 g/mol. The Morgan fingerprint density at radius 1 is 0.980 bits per heavy atom. The first-order valence-corrected chi connectivity index (χ1v) is 19.3. The number of ether oxygens (including phenoxy) is 1. The highest BCUT2D eigenvalue weighted by molar-refractivity contribution is 7.51. The number of amides is 4. The molecule has 2 aliphatic heterocycles. The van der Waals surface area contributed by atoms with E-state index in [1.807, 2.05) is 37.3 Å². The molecule has 4 amide bonds. The van der Waals surface area contributed by atoms with Crippen molar-refractivity contribution in [2.75, 3.05) is 6.35 Å². The van der Waals surface area contributed by atoms with Crippen molar-refractivity contribution in [1.29, 1.82) is 0 Å². The quantitative estimate of drug-likeness (QED) is 0.128. The number of nitrogens with one attached hydrogen (secondary N) is 4. The Bertz CT molecular complexity index is 1670. The van der Waals surface area contributed by atoms with Crippen LogP contribution in [0.25, 0.3) is 0 Å². The molecule has 2 fully saturated rings. The van der Waals surface area contributed by atoms with E-state index in [0.29, 0.717) is 50.1 Å². The summed E-state index contributed by atoms with van der Waals surface area (Å²) in [5.41, 5.74) is 2.43. The molecule has 3 aromatic rings. The Balaban J connectivity index is 1.24. The fourth-order valence-corrected chi connectivity index (χ4v) is 7.12. The standard InChI is InChI=1S/C36H47N6O8P/c1-2-26(18-24-12-15-29(16-13-24)50-23-51(47,48)49)33(43)40-30-11-7-6-10-28-14-17-32(42(28)36(30)46)35(45)41-31(19-27-21-37-22-39-27)34(44)38-20-25-8-4-3-5-9-25/h3-5,8-9,12-13,15-16,21-22,26,28,30-32H,2,6-7,10-11,14,17-20,23H2,1H3,(H,37,39)(H,38,44)(H,40,43)(H,41,45)(H2,47,48,49)/t26-,28?,30-,31-,32-/m0/s1. The Kier molecular flexibility index (Phi) is 13.0. The lowest BCUT2D eigenvalue weighted by molar-refractivity contribution is -0.145. The van der Waals surface area contributed by atoms with Crippen LogP contribution in [0.4, 0.5) is 0 Å². The number of benzene rings is 2. The zero-order valence-electron chi connectivity index (χ0n) is 28.7. The second kappa shape index (κ2) is 17.6. The van der Waals surface area contributed by atoms with E-state index in [4.69, 9.17) is 14.5 Å². The maximum Gasteiger partial charge on any atom is 0.362 e. The number of rotatable bonds is 15. The fourth-order valence-electron chi connectivity index (χ4n) is 6.80. The van der Waals surface area contributed by atoms with Gasteiger partial charge in [0.25, 0.3) is 0 Å². The predicted octanol–water partition coefficient (Wildman–Crippen LogP) is 2.95. The molecular weight excluding hydrogens is 675 g/mol. The summed E-state index contributed by atoms with van der Waals surface area (Å²) in [5.74, 6) is -1.43. The van der Waals surface area contributed by atoms with Crippen molar-refractivity contribution < 1.29 is 38.3 Å². The van der Waals surface area contributed by atoms with Crippen LogP contribution < -0.4 is 20.7 Å². The zero-order valence-corrected chi connectivity index (χ0v) is 29.6.